The minimum atomic E-state index is -2.56. The minimum absolute atomic E-state index is 0.806. The molecule has 0 radical (unpaired) electrons. The summed E-state index contributed by atoms with van der Waals surface area (Å²) < 4.78 is 144. The highest BCUT2D eigenvalue weighted by atomic mass is 16.8. The molecular formula is C76H128N4O55. The Hall–Kier alpha value is -4.16. The Bertz CT molecular complexity index is 3650. The standard InChI is InChI=1S/C76H128N4O55/c1-19(88)77-34-46(101)56(28(12-85)119-66(34)111)129-67-35(78-20(2)89)48(103)58(30(14-87)124-67)131-76-65(135-71-51(106)38(93)23(92)15-115-71)63(45(100)33(128-76)18-116-70-52(107)49(104)39(94)24(8-81)120-70)133-75-64(50(105)40(95)25(9-82)123-75)134-68-36(79-21(3)90)47(102)57(29(13-86)125-68)130-69-37(80-22(4)91)59(43(98)31(126-69)16-117-72-53(108)60(112-5)41(96)26(10-83)121-72)132-74-55(110)62(114-7)44(99)32(127-74)17-118-73-54(109)61(113-6)42(97)27(11-84)122-73/h23-76,81-87,92-111H,8-18H2,1-7H3,(H,77,88)(H,78,89)(H,79,90)(H,80,91)/t23-,24-,25-,26-,27-,28-,29-,30-,31-,32-,33-,34-,35-,36-,37-,38+,39-,40-,41+,42+,43+,44+,45-,46-,47-,48-,49+,50+,51-,52+,53-,54-,55-,56-,57-,58-,59-,60+,61+,62+,63+,64+,65+,66-,67+,68+,69+,70+,71+,72-,73-,74+,75-,76+/m1/s1. The maximum Gasteiger partial charge on any atom is 0.217 e. The third-order valence-corrected chi connectivity index (χ3v) is 24.9. The third kappa shape index (κ3) is 24.9. The number of aliphatic hydroxyl groups is 27. The van der Waals surface area contributed by atoms with Crippen LogP contribution in [0.25, 0.3) is 0 Å². The van der Waals surface area contributed by atoms with Crippen LogP contribution in [0.2, 0.25) is 0 Å². The molecular weight excluding hydrogens is 1850 g/mol. The lowest BCUT2D eigenvalue weighted by Crippen LogP contribution is -2.72. The van der Waals surface area contributed by atoms with Crippen molar-refractivity contribution in [2.75, 3.05) is 94.0 Å². The van der Waals surface area contributed by atoms with Gasteiger partial charge in [-0.1, -0.05) is 0 Å². The molecule has 0 aromatic rings. The fraction of sp³-hybridized carbons (Fsp3) is 0.947. The van der Waals surface area contributed by atoms with Crippen LogP contribution in [-0.2, 0) is 133 Å². The van der Waals surface area contributed by atoms with Crippen LogP contribution in [0.15, 0.2) is 0 Å². The summed E-state index contributed by atoms with van der Waals surface area (Å²) in [5, 5.41) is 316. The van der Waals surface area contributed by atoms with Gasteiger partial charge in [0.1, 0.15) is 262 Å². The lowest BCUT2D eigenvalue weighted by molar-refractivity contribution is -0.411. The van der Waals surface area contributed by atoms with E-state index in [1.54, 1.807) is 0 Å². The lowest BCUT2D eigenvalue weighted by atomic mass is 9.93. The number of hydrogen-bond donors (Lipinski definition) is 31. The van der Waals surface area contributed by atoms with Gasteiger partial charge in [-0.15, -0.1) is 0 Å². The van der Waals surface area contributed by atoms with E-state index in [1.807, 2.05) is 0 Å². The highest BCUT2D eigenvalue weighted by Gasteiger charge is 2.63. The van der Waals surface area contributed by atoms with E-state index in [9.17, 15) is 157 Å². The van der Waals surface area contributed by atoms with Crippen LogP contribution in [0.5, 0.6) is 0 Å². The van der Waals surface area contributed by atoms with Crippen molar-refractivity contribution in [3.63, 3.8) is 0 Å². The number of hydrogen-bond acceptors (Lipinski definition) is 55. The van der Waals surface area contributed by atoms with Gasteiger partial charge in [0.2, 0.25) is 23.6 Å². The molecule has 0 bridgehead atoms. The molecule has 0 aromatic carbocycles. The number of amides is 4. The van der Waals surface area contributed by atoms with Gasteiger partial charge in [0.05, 0.1) is 72.7 Å². The summed E-state index contributed by atoms with van der Waals surface area (Å²) in [4.78, 5) is 52.7. The number of ether oxygens (including phenoxy) is 24. The average Bonchev–Trinajstić information content (AvgIpc) is 0.760. The van der Waals surface area contributed by atoms with Crippen LogP contribution in [0.4, 0.5) is 0 Å². The van der Waals surface area contributed by atoms with Crippen molar-refractivity contribution in [3.05, 3.63) is 0 Å². The van der Waals surface area contributed by atoms with Crippen molar-refractivity contribution in [1.82, 2.24) is 21.3 Å². The zero-order valence-electron chi connectivity index (χ0n) is 73.5. The predicted octanol–water partition coefficient (Wildman–Crippen LogP) is -21.8. The van der Waals surface area contributed by atoms with Crippen molar-refractivity contribution >= 4 is 23.6 Å². The zero-order chi connectivity index (χ0) is 99.1. The molecule has 11 aliphatic rings. The Morgan fingerprint density at radius 3 is 0.956 bits per heavy atom. The molecule has 0 saturated carbocycles. The second-order valence-electron chi connectivity index (χ2n) is 34.0. The van der Waals surface area contributed by atoms with Gasteiger partial charge in [-0.3, -0.25) is 19.2 Å². The molecule has 59 nitrogen and oxygen atoms in total. The molecule has 782 valence electrons. The van der Waals surface area contributed by atoms with Gasteiger partial charge in [0.15, 0.2) is 69.2 Å². The van der Waals surface area contributed by atoms with Gasteiger partial charge in [0.25, 0.3) is 0 Å². The number of aliphatic hydroxyl groups excluding tert-OH is 27. The fourth-order valence-electron chi connectivity index (χ4n) is 17.7. The molecule has 0 spiro atoms. The first-order chi connectivity index (χ1) is 64.1. The second-order valence-corrected chi connectivity index (χ2v) is 34.0. The van der Waals surface area contributed by atoms with Gasteiger partial charge in [-0.2, -0.15) is 0 Å². The van der Waals surface area contributed by atoms with E-state index in [1.165, 1.54) is 0 Å². The largest absolute Gasteiger partial charge is 0.394 e. The van der Waals surface area contributed by atoms with E-state index >= 15 is 0 Å². The molecule has 54 atom stereocenters. The van der Waals surface area contributed by atoms with Gasteiger partial charge in [0, 0.05) is 49.0 Å². The fourth-order valence-corrected chi connectivity index (χ4v) is 17.7. The maximum atomic E-state index is 13.6. The first kappa shape index (κ1) is 111. The molecule has 4 amide bonds. The molecule has 0 aromatic heterocycles. The van der Waals surface area contributed by atoms with Crippen molar-refractivity contribution in [2.24, 2.45) is 0 Å². The number of carbonyl (C=O) groups is 4. The molecule has 11 aliphatic heterocycles. The van der Waals surface area contributed by atoms with Gasteiger partial charge in [-0.25, -0.2) is 0 Å². The summed E-state index contributed by atoms with van der Waals surface area (Å²) in [6, 6.07) is -7.86. The van der Waals surface area contributed by atoms with Crippen LogP contribution >= 0.6 is 0 Å². The van der Waals surface area contributed by atoms with E-state index in [2.05, 4.69) is 21.3 Å². The summed E-state index contributed by atoms with van der Waals surface area (Å²) in [7, 11) is 3.26. The maximum absolute atomic E-state index is 13.6. The van der Waals surface area contributed by atoms with Crippen molar-refractivity contribution < 1.29 is 271 Å². The van der Waals surface area contributed by atoms with Gasteiger partial charge >= 0.3 is 0 Å². The van der Waals surface area contributed by atoms with E-state index < -0.39 is 428 Å². The highest BCUT2D eigenvalue weighted by Crippen LogP contribution is 2.42. The van der Waals surface area contributed by atoms with Crippen molar-refractivity contribution in [2.45, 2.75) is 359 Å². The summed E-state index contributed by atoms with van der Waals surface area (Å²) in [5.74, 6) is -3.84. The molecule has 31 N–H and O–H groups in total. The molecule has 0 aliphatic carbocycles. The number of nitrogens with one attached hydrogen (secondary N) is 4. The lowest BCUT2D eigenvalue weighted by Gasteiger charge is -2.52. The molecule has 11 saturated heterocycles. The quantitative estimate of drug-likeness (QED) is 0.0275. The van der Waals surface area contributed by atoms with Crippen LogP contribution < -0.4 is 21.3 Å². The Labute approximate surface area is 766 Å². The molecule has 135 heavy (non-hydrogen) atoms. The van der Waals surface area contributed by atoms with Crippen LogP contribution in [0.3, 0.4) is 0 Å². The molecule has 11 fully saturated rings. The Balaban J connectivity index is 0.943. The van der Waals surface area contributed by atoms with E-state index in [0.717, 1.165) is 49.0 Å². The first-order valence-electron chi connectivity index (χ1n) is 43.2. The van der Waals surface area contributed by atoms with E-state index in [0.29, 0.717) is 0 Å². The average molecular weight is 1980 g/mol. The Morgan fingerprint density at radius 1 is 0.237 bits per heavy atom. The topological polar surface area (TPSA) is 884 Å². The summed E-state index contributed by atoms with van der Waals surface area (Å²) >= 11 is 0. The van der Waals surface area contributed by atoms with Gasteiger partial charge < -0.3 is 273 Å². The van der Waals surface area contributed by atoms with Crippen molar-refractivity contribution in [1.29, 1.82) is 0 Å². The van der Waals surface area contributed by atoms with Crippen LogP contribution in [0.1, 0.15) is 27.7 Å². The first-order valence-corrected chi connectivity index (χ1v) is 43.2. The van der Waals surface area contributed by atoms with Crippen LogP contribution in [0, 0.1) is 0 Å². The number of rotatable bonds is 37. The SMILES string of the molecule is CO[C@H]1[C@@H](O)[C@@H](CO)O[C@@H](OC[C@H]2O[C@@H](O[C@H]3[C@@H](O)[C@@H](CO[C@@H]4O[C@H](CO)[C@H](O)[C@H](OC)[C@H]4O)O[C@@H](O[C@H]4[C@H](O)[C@@H](NC(C)=O)[C@H](O[C@@H]5[C@@H](O[C@H]6[C@H](O)[C@@H](CO[C@H]7O[C@H](CO)[C@@H](O)[C@H](O)[C@@H]7O)O[C@@H](O[C@H]7[C@H](O)[C@@H](NC(C)=O)[C@H](O[C@H]8[C@H](O)[C@@H](NC(C)=O)[C@H](O)O[C@@H]8CO)O[C@@H]7CO)[C@H]6O[C@@H]6OC[C@@H](O)[C@H](O)[C@H]6O)O[C@H](CO)[C@@H](O)[C@@H]5O)O[C@@H]4CO)[C@@H]3NC(C)=O)[C@H](O)[C@@H](OC)[C@H]2O)[C@@H]1O. The van der Waals surface area contributed by atoms with Crippen molar-refractivity contribution in [3.8, 4) is 0 Å². The van der Waals surface area contributed by atoms with E-state index in [4.69, 9.17) is 114 Å². The molecule has 0 unspecified atom stereocenters. The third-order valence-electron chi connectivity index (χ3n) is 24.9. The second kappa shape index (κ2) is 49.4. The number of methoxy groups -OCH3 is 3. The highest BCUT2D eigenvalue weighted by molar-refractivity contribution is 5.74. The van der Waals surface area contributed by atoms with Gasteiger partial charge in [-0.05, 0) is 0 Å². The summed E-state index contributed by atoms with van der Waals surface area (Å²) in [6.45, 7) is -7.65. The Morgan fingerprint density at radius 2 is 0.519 bits per heavy atom. The normalized spacial score (nSPS) is 49.0. The Kier molecular flexibility index (Phi) is 40.7. The van der Waals surface area contributed by atoms with E-state index in [-0.39, 0.29) is 0 Å². The molecule has 11 rings (SSSR count). The smallest absolute Gasteiger partial charge is 0.217 e. The molecule has 59 heteroatoms. The van der Waals surface area contributed by atoms with Crippen LogP contribution in [-0.4, -0.2) is 587 Å². The summed E-state index contributed by atoms with van der Waals surface area (Å²) in [6.07, 6.45) is -103. The minimum Gasteiger partial charge on any atom is -0.394 e. The summed E-state index contributed by atoms with van der Waals surface area (Å²) in [5.41, 5.74) is 0. The number of carbonyl (C=O) groups excluding carboxylic acids is 4. The monoisotopic (exact) mass is 1980 g/mol. The molecule has 11 heterocycles. The predicted molar refractivity (Wildman–Crippen MR) is 417 cm³/mol. The zero-order valence-corrected chi connectivity index (χ0v) is 73.5.